The van der Waals surface area contributed by atoms with E-state index in [9.17, 15) is 27.2 Å². The summed E-state index contributed by atoms with van der Waals surface area (Å²) in [7, 11) is 0. The quantitative estimate of drug-likeness (QED) is 0.126. The topological polar surface area (TPSA) is 58.2 Å². The summed E-state index contributed by atoms with van der Waals surface area (Å²) in [6.45, 7) is 0. The summed E-state index contributed by atoms with van der Waals surface area (Å²) >= 11 is 10.9. The van der Waals surface area contributed by atoms with Gasteiger partial charge in [0.1, 0.15) is 34.4 Å². The van der Waals surface area contributed by atoms with Crippen molar-refractivity contribution < 1.29 is 48.9 Å². The number of benzene rings is 4. The van der Waals surface area contributed by atoms with Gasteiger partial charge in [-0.2, -0.15) is 60.7 Å². The molecule has 2 N–H and O–H groups in total. The van der Waals surface area contributed by atoms with Crippen LogP contribution in [0, 0.1) is 47.6 Å². The van der Waals surface area contributed by atoms with Gasteiger partial charge in [-0.05, 0) is 24.3 Å². The zero-order valence-corrected chi connectivity index (χ0v) is 27.5. The molecule has 4 aromatic rings. The van der Waals surface area contributed by atoms with Crippen molar-refractivity contribution in [1.29, 1.82) is 0 Å². The fraction of sp³-hybridized carbons (Fsp3) is 0.0556. The minimum Gasteiger partial charge on any atom is -0.375 e. The van der Waals surface area contributed by atoms with E-state index >= 15 is 0 Å². The van der Waals surface area contributed by atoms with E-state index in [0.29, 0.717) is 11.4 Å². The Bertz CT molecular complexity index is 1550. The van der Waals surface area contributed by atoms with E-state index in [-0.39, 0.29) is 31.8 Å². The van der Waals surface area contributed by atoms with Crippen LogP contribution in [0.4, 0.5) is 28.9 Å². The predicted octanol–water partition coefficient (Wildman–Crippen LogP) is 9.95. The second-order valence-corrected chi connectivity index (χ2v) is 9.86. The van der Waals surface area contributed by atoms with Crippen LogP contribution < -0.4 is 10.6 Å². The number of hydrogen-bond acceptors (Lipinski definition) is 2. The fourth-order valence-corrected chi connectivity index (χ4v) is 3.91. The number of halogens is 6. The molecule has 0 fully saturated rings. The SMILES string of the molecule is O=C(Nc1c[c-]ccc1)c1c(F)cc(Cl)cc1F.O=C(Nc1c[c-]ccc1)c1c(F)cc(Cl)cc1F.[C-]1=CC=CC1.[C-]1=CC=CC1.[Ti+4]. The first-order chi connectivity index (χ1) is 22.2. The van der Waals surface area contributed by atoms with Crippen molar-refractivity contribution in [2.75, 3.05) is 10.6 Å². The second kappa shape index (κ2) is 20.8. The Balaban J connectivity index is 0.000000248. The first-order valence-corrected chi connectivity index (χ1v) is 14.2. The Morgan fingerprint density at radius 3 is 1.23 bits per heavy atom. The Labute approximate surface area is 295 Å². The number of carbonyl (C=O) groups is 2. The molecule has 6 rings (SSSR count). The van der Waals surface area contributed by atoms with Crippen LogP contribution in [0.1, 0.15) is 33.6 Å². The predicted molar refractivity (Wildman–Crippen MR) is 172 cm³/mol. The van der Waals surface area contributed by atoms with Crippen molar-refractivity contribution in [1.82, 2.24) is 0 Å². The largest absolute Gasteiger partial charge is 4.00 e. The molecule has 0 saturated heterocycles. The van der Waals surface area contributed by atoms with Crippen LogP contribution in [-0.2, 0) is 21.7 Å². The van der Waals surface area contributed by atoms with E-state index in [1.54, 1.807) is 36.4 Å². The first-order valence-electron chi connectivity index (χ1n) is 13.4. The van der Waals surface area contributed by atoms with Gasteiger partial charge in [0.25, 0.3) is 11.8 Å². The minimum atomic E-state index is -1.00. The number of rotatable bonds is 4. The Kier molecular flexibility index (Phi) is 17.3. The summed E-state index contributed by atoms with van der Waals surface area (Å²) in [6.07, 6.45) is 20.0. The molecule has 11 heteroatoms. The van der Waals surface area contributed by atoms with Crippen molar-refractivity contribution in [2.45, 2.75) is 12.8 Å². The molecule has 0 unspecified atom stereocenters. The molecule has 0 aromatic heterocycles. The van der Waals surface area contributed by atoms with Gasteiger partial charge in [0, 0.05) is 10.0 Å². The normalized spacial score (nSPS) is 11.5. The Hall–Kier alpha value is -4.21. The molecule has 0 spiro atoms. The molecule has 2 aliphatic rings. The molecular weight excluding hydrogens is 687 g/mol. The molecule has 0 bridgehead atoms. The molecule has 236 valence electrons. The molecule has 47 heavy (non-hydrogen) atoms. The number of anilines is 2. The van der Waals surface area contributed by atoms with Gasteiger partial charge in [0.05, 0.1) is 0 Å². The van der Waals surface area contributed by atoms with Gasteiger partial charge >= 0.3 is 21.7 Å². The average Bonchev–Trinajstić information content (AvgIpc) is 3.78. The van der Waals surface area contributed by atoms with E-state index in [2.05, 4.69) is 47.1 Å². The fourth-order valence-electron chi connectivity index (χ4n) is 3.53. The summed E-state index contributed by atoms with van der Waals surface area (Å²) < 4.78 is 53.9. The summed E-state index contributed by atoms with van der Waals surface area (Å²) in [4.78, 5) is 23.4. The van der Waals surface area contributed by atoms with E-state index in [1.807, 2.05) is 24.3 Å². The molecule has 4 aromatic carbocycles. The van der Waals surface area contributed by atoms with Gasteiger partial charge in [-0.1, -0.05) is 34.6 Å². The van der Waals surface area contributed by atoms with Crippen molar-refractivity contribution >= 4 is 46.4 Å². The van der Waals surface area contributed by atoms with Crippen molar-refractivity contribution in [3.63, 3.8) is 0 Å². The van der Waals surface area contributed by atoms with Crippen LogP contribution in [-0.4, -0.2) is 11.8 Å². The van der Waals surface area contributed by atoms with Crippen LogP contribution in [0.15, 0.2) is 109 Å². The molecule has 0 saturated carbocycles. The second-order valence-electron chi connectivity index (χ2n) is 8.99. The minimum absolute atomic E-state index is 0. The molecule has 4 nitrogen and oxygen atoms in total. The van der Waals surface area contributed by atoms with Crippen LogP contribution >= 0.6 is 23.2 Å². The third kappa shape index (κ3) is 13.6. The molecular formula is C36H24Cl2F4N2O2Ti. The average molecular weight is 711 g/mol. The first kappa shape index (κ1) is 39.0. The summed E-state index contributed by atoms with van der Waals surface area (Å²) in [5, 5.41) is 4.53. The van der Waals surface area contributed by atoms with Crippen LogP contribution in [0.5, 0.6) is 0 Å². The van der Waals surface area contributed by atoms with Crippen LogP contribution in [0.25, 0.3) is 0 Å². The van der Waals surface area contributed by atoms with E-state index in [4.69, 9.17) is 23.2 Å². The number of allylic oxidation sites excluding steroid dienone is 8. The van der Waals surface area contributed by atoms with Crippen molar-refractivity contribution in [2.24, 2.45) is 0 Å². The number of nitrogens with one attached hydrogen (secondary N) is 2. The third-order valence-electron chi connectivity index (χ3n) is 5.57. The summed E-state index contributed by atoms with van der Waals surface area (Å²) in [5.41, 5.74) is -0.529. The smallest absolute Gasteiger partial charge is 0.375 e. The maximum atomic E-state index is 13.5. The van der Waals surface area contributed by atoms with Gasteiger partial charge in [-0.15, -0.1) is 25.0 Å². The van der Waals surface area contributed by atoms with E-state index in [0.717, 1.165) is 37.1 Å². The monoisotopic (exact) mass is 710 g/mol. The number of hydrogen-bond donors (Lipinski definition) is 2. The van der Waals surface area contributed by atoms with Gasteiger partial charge in [-0.25, -0.2) is 41.9 Å². The third-order valence-corrected chi connectivity index (χ3v) is 6.01. The standard InChI is InChI=1S/2C13H7ClF2NO.2C5H5.Ti/c2*14-8-6-10(15)12(11(16)7-8)13(18)17-9-4-2-1-3-5-9;2*1-2-4-5-3-1;/h2*1-2,4-7H,(H,17,18);2*1-3H,4H2;/q4*-1;+4. The molecule has 0 heterocycles. The molecule has 0 atom stereocenters. The van der Waals surface area contributed by atoms with Crippen LogP contribution in [0.2, 0.25) is 10.0 Å². The maximum absolute atomic E-state index is 13.5. The molecule has 0 aliphatic heterocycles. The van der Waals surface area contributed by atoms with Crippen LogP contribution in [0.3, 0.4) is 0 Å². The summed E-state index contributed by atoms with van der Waals surface area (Å²) in [6, 6.07) is 21.7. The zero-order valence-electron chi connectivity index (χ0n) is 24.4. The van der Waals surface area contributed by atoms with Crippen molar-refractivity contribution in [3.05, 3.63) is 178 Å². The van der Waals surface area contributed by atoms with E-state index < -0.39 is 46.2 Å². The van der Waals surface area contributed by atoms with Gasteiger partial charge in [0.2, 0.25) is 0 Å². The summed E-state index contributed by atoms with van der Waals surface area (Å²) in [5.74, 6) is -5.76. The number of amides is 2. The molecule has 2 amide bonds. The molecule has 2 aliphatic carbocycles. The maximum Gasteiger partial charge on any atom is 4.00 e. The van der Waals surface area contributed by atoms with E-state index in [1.165, 1.54) is 12.1 Å². The number of carbonyl (C=O) groups excluding carboxylic acids is 2. The van der Waals surface area contributed by atoms with Gasteiger partial charge in [-0.3, -0.25) is 21.7 Å². The zero-order chi connectivity index (χ0) is 33.3. The van der Waals surface area contributed by atoms with Gasteiger partial charge in [0.15, 0.2) is 0 Å². The molecule has 0 radical (unpaired) electrons. The Morgan fingerprint density at radius 2 is 1.00 bits per heavy atom. The van der Waals surface area contributed by atoms with Gasteiger partial charge < -0.3 is 10.6 Å². The van der Waals surface area contributed by atoms with Crippen molar-refractivity contribution in [3.8, 4) is 0 Å². The Morgan fingerprint density at radius 1 is 0.638 bits per heavy atom.